The molecule has 2 rings (SSSR count). The third kappa shape index (κ3) is 5.55. The number of thioether (sulfide) groups is 2. The number of carbonyl (C=O) groups is 2. The lowest BCUT2D eigenvalue weighted by Crippen LogP contribution is -2.22. The normalized spacial score (nSPS) is 12.4. The van der Waals surface area contributed by atoms with Crippen molar-refractivity contribution in [2.45, 2.75) is 51.7 Å². The van der Waals surface area contributed by atoms with Gasteiger partial charge in [0.25, 0.3) is 0 Å². The Labute approximate surface area is 164 Å². The molecule has 1 aromatic heterocycles. The largest absolute Gasteiger partial charge is 0.298 e. The Bertz CT molecular complexity index is 821. The Morgan fingerprint density at radius 2 is 1.38 bits per heavy atom. The summed E-state index contributed by atoms with van der Waals surface area (Å²) in [4.78, 5) is 33.6. The van der Waals surface area contributed by atoms with Gasteiger partial charge < -0.3 is 0 Å². The van der Waals surface area contributed by atoms with E-state index in [1.165, 1.54) is 23.5 Å². The van der Waals surface area contributed by atoms with Gasteiger partial charge in [0, 0.05) is 16.2 Å². The number of ketones is 2. The minimum Gasteiger partial charge on any atom is -0.298 e. The van der Waals surface area contributed by atoms with E-state index >= 15 is 0 Å². The summed E-state index contributed by atoms with van der Waals surface area (Å²) in [6.07, 6.45) is 0. The van der Waals surface area contributed by atoms with Crippen LogP contribution >= 0.6 is 23.5 Å². The monoisotopic (exact) mass is 390 g/mol. The molecule has 0 aliphatic carbocycles. The topological polar surface area (TPSA) is 59.9 Å². The Morgan fingerprint density at radius 1 is 0.846 bits per heavy atom. The molecule has 2 aromatic rings. The van der Waals surface area contributed by atoms with Gasteiger partial charge in [-0.1, -0.05) is 83.3 Å². The molecule has 1 aromatic carbocycles. The van der Waals surface area contributed by atoms with Gasteiger partial charge in [0.05, 0.1) is 17.0 Å². The van der Waals surface area contributed by atoms with E-state index in [2.05, 4.69) is 9.97 Å². The second kappa shape index (κ2) is 8.09. The van der Waals surface area contributed by atoms with Gasteiger partial charge in [-0.15, -0.1) is 0 Å². The molecule has 0 bridgehead atoms. The maximum atomic E-state index is 12.3. The number of nitrogens with zero attached hydrogens (tertiary/aromatic N) is 2. The number of hydrogen-bond donors (Lipinski definition) is 0. The number of Topliss-reactive ketones (excluding diaryl/α,β-unsaturated/α-hetero) is 2. The number of aromatic nitrogens is 2. The highest BCUT2D eigenvalue weighted by Crippen LogP contribution is 2.30. The molecule has 0 unspecified atom stereocenters. The molecular weight excluding hydrogens is 364 g/mol. The fourth-order valence-corrected chi connectivity index (χ4v) is 4.15. The minimum absolute atomic E-state index is 0.163. The lowest BCUT2D eigenvalue weighted by molar-refractivity contribution is -0.124. The first kappa shape index (κ1) is 20.9. The van der Waals surface area contributed by atoms with E-state index in [-0.39, 0.29) is 22.4 Å². The first-order valence-corrected chi connectivity index (χ1v) is 10.5. The highest BCUT2D eigenvalue weighted by Gasteiger charge is 2.23. The maximum Gasteiger partial charge on any atom is 0.189 e. The van der Waals surface area contributed by atoms with Crippen molar-refractivity contribution >= 4 is 46.0 Å². The molecular formula is C20H26N2O2S2. The van der Waals surface area contributed by atoms with Gasteiger partial charge in [0.2, 0.25) is 0 Å². The molecule has 0 aliphatic heterocycles. The van der Waals surface area contributed by atoms with Crippen molar-refractivity contribution in [2.24, 2.45) is 10.8 Å². The third-order valence-electron chi connectivity index (χ3n) is 3.89. The average molecular weight is 391 g/mol. The first-order chi connectivity index (χ1) is 12.0. The molecule has 140 valence electrons. The summed E-state index contributed by atoms with van der Waals surface area (Å²) >= 11 is 2.79. The van der Waals surface area contributed by atoms with Crippen molar-refractivity contribution in [1.82, 2.24) is 9.97 Å². The van der Waals surface area contributed by atoms with Crippen molar-refractivity contribution in [2.75, 3.05) is 11.5 Å². The van der Waals surface area contributed by atoms with E-state index in [9.17, 15) is 9.59 Å². The van der Waals surface area contributed by atoms with Crippen LogP contribution in [-0.2, 0) is 9.59 Å². The Balaban J connectivity index is 2.25. The second-order valence-electron chi connectivity index (χ2n) is 8.25. The van der Waals surface area contributed by atoms with Crippen LogP contribution in [0.15, 0.2) is 34.4 Å². The first-order valence-electron chi connectivity index (χ1n) is 8.57. The van der Waals surface area contributed by atoms with Crippen molar-refractivity contribution in [3.8, 4) is 0 Å². The molecule has 0 amide bonds. The SMILES string of the molecule is CC(C)(C)C(=O)CSc1nc(SCC(=O)C(C)(C)C)c2ccccc2n1. The number of benzene rings is 1. The lowest BCUT2D eigenvalue weighted by atomic mass is 9.92. The number of carbonyl (C=O) groups excluding carboxylic acids is 2. The molecule has 0 saturated heterocycles. The lowest BCUT2D eigenvalue weighted by Gasteiger charge is -2.17. The van der Waals surface area contributed by atoms with Gasteiger partial charge in [0.1, 0.15) is 16.6 Å². The summed E-state index contributed by atoms with van der Waals surface area (Å²) in [7, 11) is 0. The van der Waals surface area contributed by atoms with E-state index in [0.717, 1.165) is 15.9 Å². The smallest absolute Gasteiger partial charge is 0.189 e. The molecule has 0 N–H and O–H groups in total. The van der Waals surface area contributed by atoms with Crippen LogP contribution in [0.4, 0.5) is 0 Å². The third-order valence-corrected chi connectivity index (χ3v) is 5.73. The predicted octanol–water partition coefficient (Wildman–Crippen LogP) is 5.04. The molecule has 0 saturated carbocycles. The molecule has 0 atom stereocenters. The van der Waals surface area contributed by atoms with Crippen molar-refractivity contribution < 1.29 is 9.59 Å². The molecule has 0 spiro atoms. The minimum atomic E-state index is -0.374. The van der Waals surface area contributed by atoms with Gasteiger partial charge in [-0.2, -0.15) is 0 Å². The van der Waals surface area contributed by atoms with Crippen LogP contribution in [0.25, 0.3) is 10.9 Å². The molecule has 0 fully saturated rings. The Kier molecular flexibility index (Phi) is 6.51. The quantitative estimate of drug-likeness (QED) is 0.391. The Hall–Kier alpha value is -1.40. The van der Waals surface area contributed by atoms with Crippen molar-refractivity contribution in [3.63, 3.8) is 0 Å². The fourth-order valence-electron chi connectivity index (χ4n) is 1.90. The van der Waals surface area contributed by atoms with Crippen LogP contribution in [0.5, 0.6) is 0 Å². The Morgan fingerprint density at radius 3 is 1.96 bits per heavy atom. The van der Waals surface area contributed by atoms with Crippen LogP contribution in [0, 0.1) is 10.8 Å². The predicted molar refractivity (Wildman–Crippen MR) is 110 cm³/mol. The molecule has 0 radical (unpaired) electrons. The van der Waals surface area contributed by atoms with Crippen LogP contribution in [0.1, 0.15) is 41.5 Å². The molecule has 6 heteroatoms. The molecule has 4 nitrogen and oxygen atoms in total. The summed E-state index contributed by atoms with van der Waals surface area (Å²) in [5, 5.41) is 2.30. The number of para-hydroxylation sites is 1. The molecule has 26 heavy (non-hydrogen) atoms. The van der Waals surface area contributed by atoms with E-state index in [1.54, 1.807) is 0 Å². The van der Waals surface area contributed by atoms with E-state index < -0.39 is 0 Å². The van der Waals surface area contributed by atoms with Gasteiger partial charge in [-0.25, -0.2) is 9.97 Å². The maximum absolute atomic E-state index is 12.3. The van der Waals surface area contributed by atoms with E-state index in [1.807, 2.05) is 65.8 Å². The van der Waals surface area contributed by atoms with E-state index in [4.69, 9.17) is 0 Å². The average Bonchev–Trinajstić information content (AvgIpc) is 2.55. The standard InChI is InChI=1S/C20H26N2O2S2/c1-19(2,3)15(23)11-25-17-13-9-7-8-10-14(13)21-18(22-17)26-12-16(24)20(4,5)6/h7-10H,11-12H2,1-6H3. The highest BCUT2D eigenvalue weighted by atomic mass is 32.2. The van der Waals surface area contributed by atoms with Gasteiger partial charge in [-0.05, 0) is 6.07 Å². The van der Waals surface area contributed by atoms with Crippen molar-refractivity contribution in [3.05, 3.63) is 24.3 Å². The molecule has 0 aliphatic rings. The summed E-state index contributed by atoms with van der Waals surface area (Å²) in [5.74, 6) is 1.06. The van der Waals surface area contributed by atoms with E-state index in [0.29, 0.717) is 16.7 Å². The van der Waals surface area contributed by atoms with Crippen LogP contribution < -0.4 is 0 Å². The zero-order chi connectivity index (χ0) is 19.5. The summed E-state index contributed by atoms with van der Waals surface area (Å²) in [6, 6.07) is 7.77. The number of hydrogen-bond acceptors (Lipinski definition) is 6. The molecule has 1 heterocycles. The summed E-state index contributed by atoms with van der Waals surface area (Å²) in [5.41, 5.74) is 0.0894. The van der Waals surface area contributed by atoms with Crippen LogP contribution in [0.2, 0.25) is 0 Å². The number of fused-ring (bicyclic) bond motifs is 1. The highest BCUT2D eigenvalue weighted by molar-refractivity contribution is 8.00. The zero-order valence-corrected chi connectivity index (χ0v) is 17.9. The summed E-state index contributed by atoms with van der Waals surface area (Å²) < 4.78 is 0. The van der Waals surface area contributed by atoms with Gasteiger partial charge in [0.15, 0.2) is 5.16 Å². The van der Waals surface area contributed by atoms with Crippen molar-refractivity contribution in [1.29, 1.82) is 0 Å². The van der Waals surface area contributed by atoms with Gasteiger partial charge in [-0.3, -0.25) is 9.59 Å². The zero-order valence-electron chi connectivity index (χ0n) is 16.3. The van der Waals surface area contributed by atoms with Gasteiger partial charge >= 0.3 is 0 Å². The van der Waals surface area contributed by atoms with Crippen LogP contribution in [0.3, 0.4) is 0 Å². The van der Waals surface area contributed by atoms with Crippen LogP contribution in [-0.4, -0.2) is 33.0 Å². The summed E-state index contributed by atoms with van der Waals surface area (Å²) in [6.45, 7) is 11.5. The fraction of sp³-hybridized carbons (Fsp3) is 0.500. The number of rotatable bonds is 6. The second-order valence-corrected chi connectivity index (χ2v) is 10.2.